The molecule has 1 aromatic heterocycles. The summed E-state index contributed by atoms with van der Waals surface area (Å²) in [6.45, 7) is 0. The molecule has 0 spiro atoms. The van der Waals surface area contributed by atoms with Crippen LogP contribution in [0.15, 0.2) is 35.8 Å². The van der Waals surface area contributed by atoms with Gasteiger partial charge in [0.05, 0.1) is 0 Å². The van der Waals surface area contributed by atoms with Crippen molar-refractivity contribution in [2.24, 2.45) is 5.73 Å². The Balaban J connectivity index is 1.79. The van der Waals surface area contributed by atoms with E-state index >= 15 is 0 Å². The lowest BCUT2D eigenvalue weighted by atomic mass is 10.0. The van der Waals surface area contributed by atoms with Crippen molar-refractivity contribution in [2.75, 3.05) is 5.32 Å². The van der Waals surface area contributed by atoms with E-state index in [1.165, 1.54) is 11.3 Å². The number of carbonyl (C=O) groups is 1. The number of nitrogens with one attached hydrogen (secondary N) is 1. The van der Waals surface area contributed by atoms with Crippen LogP contribution in [0.25, 0.3) is 0 Å². The third-order valence-corrected chi connectivity index (χ3v) is 3.12. The van der Waals surface area contributed by atoms with Crippen LogP contribution in [0.2, 0.25) is 0 Å². The van der Waals surface area contributed by atoms with Gasteiger partial charge in [-0.1, -0.05) is 41.7 Å². The average Bonchev–Trinajstić information content (AvgIpc) is 2.90. The van der Waals surface area contributed by atoms with Gasteiger partial charge in [-0.15, -0.1) is 10.2 Å². The first kappa shape index (κ1) is 12.7. The Morgan fingerprint density at radius 2 is 2.17 bits per heavy atom. The van der Waals surface area contributed by atoms with Crippen molar-refractivity contribution >= 4 is 22.4 Å². The molecule has 1 heterocycles. The zero-order chi connectivity index (χ0) is 12.8. The van der Waals surface area contributed by atoms with Gasteiger partial charge in [-0.05, 0) is 12.0 Å². The predicted octanol–water partition coefficient (Wildman–Crippen LogP) is 1.96. The Morgan fingerprint density at radius 3 is 2.83 bits per heavy atom. The van der Waals surface area contributed by atoms with Gasteiger partial charge in [-0.2, -0.15) is 0 Å². The molecule has 0 bridgehead atoms. The van der Waals surface area contributed by atoms with Crippen LogP contribution in [0.3, 0.4) is 0 Å². The Labute approximate surface area is 109 Å². The van der Waals surface area contributed by atoms with E-state index in [4.69, 9.17) is 5.73 Å². The Kier molecular flexibility index (Phi) is 4.38. The van der Waals surface area contributed by atoms with E-state index < -0.39 is 0 Å². The van der Waals surface area contributed by atoms with Crippen molar-refractivity contribution in [3.05, 3.63) is 41.4 Å². The van der Waals surface area contributed by atoms with Crippen LogP contribution in [0.5, 0.6) is 0 Å². The minimum Gasteiger partial charge on any atom is -0.324 e. The van der Waals surface area contributed by atoms with Gasteiger partial charge in [0.1, 0.15) is 5.51 Å². The third-order valence-electron chi connectivity index (χ3n) is 2.52. The zero-order valence-corrected chi connectivity index (χ0v) is 10.6. The average molecular weight is 262 g/mol. The van der Waals surface area contributed by atoms with E-state index in [9.17, 15) is 4.79 Å². The molecule has 18 heavy (non-hydrogen) atoms. The van der Waals surface area contributed by atoms with Crippen molar-refractivity contribution in [2.45, 2.75) is 18.9 Å². The van der Waals surface area contributed by atoms with Crippen LogP contribution in [0, 0.1) is 0 Å². The molecular weight excluding hydrogens is 248 g/mol. The summed E-state index contributed by atoms with van der Waals surface area (Å²) >= 11 is 1.30. The molecule has 0 radical (unpaired) electrons. The molecule has 1 atom stereocenters. The SMILES string of the molecule is NC(CCC(=O)Nc1nncs1)c1ccccc1. The number of anilines is 1. The molecule has 1 unspecified atom stereocenters. The number of benzene rings is 1. The summed E-state index contributed by atoms with van der Waals surface area (Å²) in [7, 11) is 0. The maximum Gasteiger partial charge on any atom is 0.226 e. The first-order valence-corrected chi connectivity index (χ1v) is 6.50. The Morgan fingerprint density at radius 1 is 1.39 bits per heavy atom. The normalized spacial score (nSPS) is 12.1. The van der Waals surface area contributed by atoms with E-state index in [2.05, 4.69) is 15.5 Å². The summed E-state index contributed by atoms with van der Waals surface area (Å²) in [5.41, 5.74) is 8.63. The molecule has 1 aromatic carbocycles. The van der Waals surface area contributed by atoms with Crippen molar-refractivity contribution < 1.29 is 4.79 Å². The van der Waals surface area contributed by atoms with E-state index in [0.29, 0.717) is 18.0 Å². The molecule has 0 fully saturated rings. The second-order valence-electron chi connectivity index (χ2n) is 3.85. The number of nitrogens with zero attached hydrogens (tertiary/aromatic N) is 2. The molecule has 3 N–H and O–H groups in total. The molecule has 1 amide bonds. The summed E-state index contributed by atoms with van der Waals surface area (Å²) in [5, 5.41) is 10.6. The van der Waals surface area contributed by atoms with Gasteiger partial charge < -0.3 is 11.1 Å². The highest BCUT2D eigenvalue weighted by atomic mass is 32.1. The molecule has 2 rings (SSSR count). The van der Waals surface area contributed by atoms with Gasteiger partial charge in [0.15, 0.2) is 0 Å². The van der Waals surface area contributed by atoms with Gasteiger partial charge in [0.25, 0.3) is 0 Å². The molecule has 0 aliphatic heterocycles. The lowest BCUT2D eigenvalue weighted by Gasteiger charge is -2.11. The van der Waals surface area contributed by atoms with Crippen LogP contribution in [-0.2, 0) is 4.79 Å². The maximum atomic E-state index is 11.6. The molecule has 0 saturated carbocycles. The molecule has 6 heteroatoms. The smallest absolute Gasteiger partial charge is 0.226 e. The highest BCUT2D eigenvalue weighted by molar-refractivity contribution is 7.13. The van der Waals surface area contributed by atoms with Gasteiger partial charge >= 0.3 is 0 Å². The van der Waals surface area contributed by atoms with Gasteiger partial charge in [-0.3, -0.25) is 4.79 Å². The second kappa shape index (κ2) is 6.23. The fourth-order valence-corrected chi connectivity index (χ4v) is 2.02. The summed E-state index contributed by atoms with van der Waals surface area (Å²) in [5.74, 6) is -0.0851. The van der Waals surface area contributed by atoms with E-state index in [1.54, 1.807) is 5.51 Å². The predicted molar refractivity (Wildman–Crippen MR) is 71.1 cm³/mol. The topological polar surface area (TPSA) is 80.9 Å². The minimum absolute atomic E-state index is 0.0851. The molecule has 0 saturated heterocycles. The first-order chi connectivity index (χ1) is 8.75. The molecule has 0 aliphatic rings. The number of amides is 1. The summed E-state index contributed by atoms with van der Waals surface area (Å²) in [6, 6.07) is 9.64. The molecular formula is C12H14N4OS. The lowest BCUT2D eigenvalue weighted by Crippen LogP contribution is -2.16. The Bertz CT molecular complexity index is 486. The zero-order valence-electron chi connectivity index (χ0n) is 9.74. The van der Waals surface area contributed by atoms with Crippen molar-refractivity contribution in [1.29, 1.82) is 0 Å². The number of hydrogen-bond acceptors (Lipinski definition) is 5. The monoisotopic (exact) mass is 262 g/mol. The van der Waals surface area contributed by atoms with E-state index in [0.717, 1.165) is 5.56 Å². The van der Waals surface area contributed by atoms with Gasteiger partial charge in [0.2, 0.25) is 11.0 Å². The number of rotatable bonds is 5. The van der Waals surface area contributed by atoms with E-state index in [1.807, 2.05) is 30.3 Å². The molecule has 94 valence electrons. The fourth-order valence-electron chi connectivity index (χ4n) is 1.56. The number of hydrogen-bond donors (Lipinski definition) is 2. The van der Waals surface area contributed by atoms with E-state index in [-0.39, 0.29) is 11.9 Å². The summed E-state index contributed by atoms with van der Waals surface area (Å²) in [4.78, 5) is 11.6. The van der Waals surface area contributed by atoms with Crippen LogP contribution in [0.4, 0.5) is 5.13 Å². The fraction of sp³-hybridized carbons (Fsp3) is 0.250. The first-order valence-electron chi connectivity index (χ1n) is 5.62. The van der Waals surface area contributed by atoms with Crippen molar-refractivity contribution in [3.63, 3.8) is 0 Å². The van der Waals surface area contributed by atoms with Crippen LogP contribution in [-0.4, -0.2) is 16.1 Å². The highest BCUT2D eigenvalue weighted by Crippen LogP contribution is 2.16. The largest absolute Gasteiger partial charge is 0.324 e. The second-order valence-corrected chi connectivity index (χ2v) is 4.68. The van der Waals surface area contributed by atoms with Crippen LogP contribution >= 0.6 is 11.3 Å². The minimum atomic E-state index is -0.119. The summed E-state index contributed by atoms with van der Waals surface area (Å²) in [6.07, 6.45) is 0.976. The van der Waals surface area contributed by atoms with Crippen LogP contribution < -0.4 is 11.1 Å². The standard InChI is InChI=1S/C12H14N4OS/c13-10(9-4-2-1-3-5-9)6-7-11(17)15-12-16-14-8-18-12/h1-5,8,10H,6-7,13H2,(H,15,16,17). The quantitative estimate of drug-likeness (QED) is 0.863. The molecule has 5 nitrogen and oxygen atoms in total. The van der Waals surface area contributed by atoms with Crippen molar-refractivity contribution in [1.82, 2.24) is 10.2 Å². The summed E-state index contributed by atoms with van der Waals surface area (Å²) < 4.78 is 0. The molecule has 2 aromatic rings. The van der Waals surface area contributed by atoms with Crippen LogP contribution in [0.1, 0.15) is 24.4 Å². The van der Waals surface area contributed by atoms with Gasteiger partial charge in [0, 0.05) is 12.5 Å². The highest BCUT2D eigenvalue weighted by Gasteiger charge is 2.09. The van der Waals surface area contributed by atoms with Crippen molar-refractivity contribution in [3.8, 4) is 0 Å². The number of carbonyl (C=O) groups excluding carboxylic acids is 1. The van der Waals surface area contributed by atoms with Gasteiger partial charge in [-0.25, -0.2) is 0 Å². The number of nitrogens with two attached hydrogens (primary N) is 1. The maximum absolute atomic E-state index is 11.6. The molecule has 0 aliphatic carbocycles. The third kappa shape index (κ3) is 3.61. The lowest BCUT2D eigenvalue weighted by molar-refractivity contribution is -0.116. The Hall–Kier alpha value is -1.79. The number of aromatic nitrogens is 2.